The molecule has 0 radical (unpaired) electrons. The summed E-state index contributed by atoms with van der Waals surface area (Å²) in [5.41, 5.74) is 1.92. The number of phenolic OH excluding ortho intramolecular Hbond substituents is 1. The number of methoxy groups -OCH3 is 1. The van der Waals surface area contributed by atoms with Crippen LogP contribution in [0.2, 0.25) is 0 Å². The summed E-state index contributed by atoms with van der Waals surface area (Å²) in [7, 11) is 1.56. The quantitative estimate of drug-likeness (QED) is 0.750. The zero-order valence-electron chi connectivity index (χ0n) is 11.3. The van der Waals surface area contributed by atoms with E-state index in [1.165, 1.54) is 6.07 Å². The smallest absolute Gasteiger partial charge is 0.323 e. The highest BCUT2D eigenvalue weighted by Crippen LogP contribution is 2.24. The number of phenols is 1. The number of hydrogen-bond donors (Lipinski definition) is 3. The van der Waals surface area contributed by atoms with E-state index < -0.39 is 6.03 Å². The molecule has 0 aliphatic rings. The zero-order chi connectivity index (χ0) is 14.5. The molecule has 2 rings (SSSR count). The number of aryl methyl sites for hydroxylation is 1. The number of hydrogen-bond acceptors (Lipinski definition) is 3. The van der Waals surface area contributed by atoms with Crippen LogP contribution >= 0.6 is 0 Å². The van der Waals surface area contributed by atoms with Gasteiger partial charge in [0.15, 0.2) is 0 Å². The minimum absolute atomic E-state index is 0.0244. The molecule has 104 valence electrons. The van der Waals surface area contributed by atoms with Crippen molar-refractivity contribution in [2.45, 2.75) is 6.92 Å². The first-order valence-electron chi connectivity index (χ1n) is 6.10. The lowest BCUT2D eigenvalue weighted by molar-refractivity contribution is 0.262. The van der Waals surface area contributed by atoms with Crippen LogP contribution in [0.3, 0.4) is 0 Å². The average molecular weight is 272 g/mol. The van der Waals surface area contributed by atoms with Crippen LogP contribution in [0.4, 0.5) is 16.2 Å². The third-order valence-electron chi connectivity index (χ3n) is 2.73. The Morgan fingerprint density at radius 3 is 2.70 bits per heavy atom. The van der Waals surface area contributed by atoms with Gasteiger partial charge in [-0.1, -0.05) is 12.1 Å². The van der Waals surface area contributed by atoms with E-state index in [-0.39, 0.29) is 5.75 Å². The third-order valence-corrected chi connectivity index (χ3v) is 2.73. The molecule has 0 aliphatic heterocycles. The molecule has 0 aromatic heterocycles. The maximum atomic E-state index is 11.9. The Kier molecular flexibility index (Phi) is 4.10. The molecule has 0 atom stereocenters. The number of rotatable bonds is 3. The summed E-state index contributed by atoms with van der Waals surface area (Å²) in [6.45, 7) is 1.88. The summed E-state index contributed by atoms with van der Waals surface area (Å²) in [4.78, 5) is 11.9. The van der Waals surface area contributed by atoms with E-state index >= 15 is 0 Å². The monoisotopic (exact) mass is 272 g/mol. The zero-order valence-corrected chi connectivity index (χ0v) is 11.3. The fourth-order valence-electron chi connectivity index (χ4n) is 1.74. The van der Waals surface area contributed by atoms with Crippen molar-refractivity contribution in [3.63, 3.8) is 0 Å². The molecule has 0 fully saturated rings. The van der Waals surface area contributed by atoms with Crippen molar-refractivity contribution < 1.29 is 14.6 Å². The van der Waals surface area contributed by atoms with Crippen molar-refractivity contribution >= 4 is 17.4 Å². The summed E-state index contributed by atoms with van der Waals surface area (Å²) in [6.07, 6.45) is 0. The Morgan fingerprint density at radius 1 is 1.15 bits per heavy atom. The molecule has 2 aromatic carbocycles. The van der Waals surface area contributed by atoms with Crippen LogP contribution in [0.15, 0.2) is 42.5 Å². The Hall–Kier alpha value is -2.69. The normalized spacial score (nSPS) is 9.90. The fourth-order valence-corrected chi connectivity index (χ4v) is 1.74. The number of urea groups is 1. The molecule has 0 bridgehead atoms. The second kappa shape index (κ2) is 5.97. The summed E-state index contributed by atoms with van der Waals surface area (Å²) in [5, 5.41) is 14.9. The second-order valence-electron chi connectivity index (χ2n) is 4.33. The highest BCUT2D eigenvalue weighted by molar-refractivity contribution is 6.00. The van der Waals surface area contributed by atoms with E-state index in [0.29, 0.717) is 17.1 Å². The van der Waals surface area contributed by atoms with Gasteiger partial charge in [0, 0.05) is 11.8 Å². The van der Waals surface area contributed by atoms with E-state index in [2.05, 4.69) is 10.6 Å². The number of amides is 2. The van der Waals surface area contributed by atoms with Gasteiger partial charge in [0.1, 0.15) is 11.5 Å². The third kappa shape index (κ3) is 3.41. The van der Waals surface area contributed by atoms with E-state index in [1.807, 2.05) is 6.92 Å². The topological polar surface area (TPSA) is 70.6 Å². The SMILES string of the molecule is COc1cccc(NC(=O)Nc2cc(C)ccc2O)c1. The first-order chi connectivity index (χ1) is 9.58. The highest BCUT2D eigenvalue weighted by Gasteiger charge is 2.07. The number of benzene rings is 2. The molecule has 20 heavy (non-hydrogen) atoms. The van der Waals surface area contributed by atoms with Gasteiger partial charge in [-0.05, 0) is 36.8 Å². The Balaban J connectivity index is 2.07. The van der Waals surface area contributed by atoms with Gasteiger partial charge in [0.05, 0.1) is 12.8 Å². The van der Waals surface area contributed by atoms with Gasteiger partial charge < -0.3 is 20.5 Å². The summed E-state index contributed by atoms with van der Waals surface area (Å²) < 4.78 is 5.08. The minimum Gasteiger partial charge on any atom is -0.506 e. The molecule has 0 heterocycles. The number of carbonyl (C=O) groups excluding carboxylic acids is 1. The Morgan fingerprint density at radius 2 is 1.95 bits per heavy atom. The van der Waals surface area contributed by atoms with E-state index in [4.69, 9.17) is 4.74 Å². The lowest BCUT2D eigenvalue weighted by Gasteiger charge is -2.10. The summed E-state index contributed by atoms with van der Waals surface area (Å²) in [5.74, 6) is 0.678. The molecule has 2 amide bonds. The highest BCUT2D eigenvalue weighted by atomic mass is 16.5. The van der Waals surface area contributed by atoms with E-state index in [1.54, 1.807) is 43.5 Å². The molecule has 0 aliphatic carbocycles. The predicted molar refractivity (Wildman–Crippen MR) is 78.5 cm³/mol. The molecule has 0 spiro atoms. The number of carbonyl (C=O) groups is 1. The molecule has 2 aromatic rings. The van der Waals surface area contributed by atoms with Crippen LogP contribution in [-0.4, -0.2) is 18.2 Å². The van der Waals surface area contributed by atoms with Crippen LogP contribution in [-0.2, 0) is 0 Å². The van der Waals surface area contributed by atoms with Crippen LogP contribution in [0.25, 0.3) is 0 Å². The maximum Gasteiger partial charge on any atom is 0.323 e. The van der Waals surface area contributed by atoms with Gasteiger partial charge in [-0.25, -0.2) is 4.79 Å². The van der Waals surface area contributed by atoms with Crippen molar-refractivity contribution in [1.82, 2.24) is 0 Å². The molecule has 0 unspecified atom stereocenters. The molecule has 5 nitrogen and oxygen atoms in total. The maximum absolute atomic E-state index is 11.9. The van der Waals surface area contributed by atoms with Crippen molar-refractivity contribution in [2.24, 2.45) is 0 Å². The lowest BCUT2D eigenvalue weighted by atomic mass is 10.2. The summed E-state index contributed by atoms with van der Waals surface area (Å²) in [6, 6.07) is 11.6. The minimum atomic E-state index is -0.431. The molecule has 0 saturated heterocycles. The van der Waals surface area contributed by atoms with Crippen molar-refractivity contribution in [3.05, 3.63) is 48.0 Å². The summed E-state index contributed by atoms with van der Waals surface area (Å²) >= 11 is 0. The van der Waals surface area contributed by atoms with Crippen molar-refractivity contribution in [2.75, 3.05) is 17.7 Å². The largest absolute Gasteiger partial charge is 0.506 e. The molecule has 0 saturated carbocycles. The van der Waals surface area contributed by atoms with Gasteiger partial charge in [0.2, 0.25) is 0 Å². The van der Waals surface area contributed by atoms with Crippen molar-refractivity contribution in [1.29, 1.82) is 0 Å². The standard InChI is InChI=1S/C15H16N2O3/c1-10-6-7-14(18)13(8-10)17-15(19)16-11-4-3-5-12(9-11)20-2/h3-9,18H,1-2H3,(H2,16,17,19). The van der Waals surface area contributed by atoms with E-state index in [0.717, 1.165) is 5.56 Å². The van der Waals surface area contributed by atoms with Crippen LogP contribution < -0.4 is 15.4 Å². The number of ether oxygens (including phenoxy) is 1. The molecule has 5 heteroatoms. The van der Waals surface area contributed by atoms with Gasteiger partial charge in [-0.3, -0.25) is 0 Å². The van der Waals surface area contributed by atoms with Gasteiger partial charge in [0.25, 0.3) is 0 Å². The fraction of sp³-hybridized carbons (Fsp3) is 0.133. The number of anilines is 2. The van der Waals surface area contributed by atoms with Gasteiger partial charge >= 0.3 is 6.03 Å². The number of aromatic hydroxyl groups is 1. The second-order valence-corrected chi connectivity index (χ2v) is 4.33. The molecular formula is C15H16N2O3. The Labute approximate surface area is 117 Å². The lowest BCUT2D eigenvalue weighted by Crippen LogP contribution is -2.19. The van der Waals surface area contributed by atoms with Gasteiger partial charge in [-0.15, -0.1) is 0 Å². The van der Waals surface area contributed by atoms with Crippen LogP contribution in [0.5, 0.6) is 11.5 Å². The molecule has 3 N–H and O–H groups in total. The average Bonchev–Trinajstić information content (AvgIpc) is 2.43. The number of nitrogens with one attached hydrogen (secondary N) is 2. The first-order valence-corrected chi connectivity index (χ1v) is 6.10. The van der Waals surface area contributed by atoms with Crippen LogP contribution in [0.1, 0.15) is 5.56 Å². The van der Waals surface area contributed by atoms with Crippen molar-refractivity contribution in [3.8, 4) is 11.5 Å². The van der Waals surface area contributed by atoms with Gasteiger partial charge in [-0.2, -0.15) is 0 Å². The van der Waals surface area contributed by atoms with Crippen LogP contribution in [0, 0.1) is 6.92 Å². The molecular weight excluding hydrogens is 256 g/mol. The first kappa shape index (κ1) is 13.7. The predicted octanol–water partition coefficient (Wildman–Crippen LogP) is 3.35. The van der Waals surface area contributed by atoms with E-state index in [9.17, 15) is 9.90 Å². The Bertz CT molecular complexity index is 626.